The van der Waals surface area contributed by atoms with Gasteiger partial charge in [0, 0.05) is 51.1 Å². The molecule has 6 heteroatoms. The highest BCUT2D eigenvalue weighted by atomic mass is 35.5. The molecular weight excluding hydrogens is 290 g/mol. The maximum absolute atomic E-state index is 12.4. The zero-order valence-electron chi connectivity index (χ0n) is 12.0. The first-order valence-corrected chi connectivity index (χ1v) is 7.85. The van der Waals surface area contributed by atoms with Gasteiger partial charge in [0.2, 0.25) is 0 Å². The molecule has 3 heterocycles. The third kappa shape index (κ3) is 3.73. The van der Waals surface area contributed by atoms with E-state index >= 15 is 0 Å². The van der Waals surface area contributed by atoms with Gasteiger partial charge in [-0.05, 0) is 25.0 Å². The minimum atomic E-state index is 0.0380. The molecule has 2 fully saturated rings. The van der Waals surface area contributed by atoms with E-state index in [4.69, 9.17) is 16.3 Å². The fraction of sp³-hybridized carbons (Fsp3) is 0.600. The van der Waals surface area contributed by atoms with Crippen LogP contribution in [-0.4, -0.2) is 66.1 Å². The number of amides is 1. The lowest BCUT2D eigenvalue weighted by Crippen LogP contribution is -2.50. The Labute approximate surface area is 129 Å². The Morgan fingerprint density at radius 3 is 2.86 bits per heavy atom. The molecule has 2 saturated heterocycles. The molecule has 1 aromatic rings. The monoisotopic (exact) mass is 309 g/mol. The number of ether oxygens (including phenoxy) is 1. The van der Waals surface area contributed by atoms with Gasteiger partial charge in [0.1, 0.15) is 5.15 Å². The predicted octanol–water partition coefficient (Wildman–Crippen LogP) is 1.67. The number of rotatable bonds is 3. The third-order valence-electron chi connectivity index (χ3n) is 4.12. The van der Waals surface area contributed by atoms with E-state index in [9.17, 15) is 4.79 Å². The minimum Gasteiger partial charge on any atom is -0.377 e. The van der Waals surface area contributed by atoms with Crippen molar-refractivity contribution in [2.75, 3.05) is 39.3 Å². The summed E-state index contributed by atoms with van der Waals surface area (Å²) in [5.41, 5.74) is 0.613. The van der Waals surface area contributed by atoms with E-state index in [-0.39, 0.29) is 5.91 Å². The molecule has 1 amide bonds. The van der Waals surface area contributed by atoms with Crippen molar-refractivity contribution in [2.24, 2.45) is 0 Å². The van der Waals surface area contributed by atoms with Crippen LogP contribution in [0.5, 0.6) is 0 Å². The maximum atomic E-state index is 12.4. The van der Waals surface area contributed by atoms with Crippen LogP contribution in [0.3, 0.4) is 0 Å². The molecule has 0 radical (unpaired) electrons. The van der Waals surface area contributed by atoms with Crippen molar-refractivity contribution in [1.29, 1.82) is 0 Å². The third-order valence-corrected chi connectivity index (χ3v) is 4.33. The summed E-state index contributed by atoms with van der Waals surface area (Å²) in [6.45, 7) is 5.21. The Hall–Kier alpha value is -1.17. The second-order valence-electron chi connectivity index (χ2n) is 5.60. The molecule has 0 bridgehead atoms. The average Bonchev–Trinajstić information content (AvgIpc) is 3.00. The number of piperazine rings is 1. The number of halogens is 1. The van der Waals surface area contributed by atoms with Crippen molar-refractivity contribution < 1.29 is 9.53 Å². The standard InChI is InChI=1S/C15H20ClN3O2/c16-14-10-12(3-4-17-14)15(20)19-7-5-18(6-8-19)11-13-2-1-9-21-13/h3-4,10,13H,1-2,5-9,11H2. The van der Waals surface area contributed by atoms with Crippen molar-refractivity contribution in [3.8, 4) is 0 Å². The van der Waals surface area contributed by atoms with E-state index in [0.29, 0.717) is 16.8 Å². The number of carbonyl (C=O) groups excluding carboxylic acids is 1. The second-order valence-corrected chi connectivity index (χ2v) is 5.98. The summed E-state index contributed by atoms with van der Waals surface area (Å²) in [6, 6.07) is 3.34. The highest BCUT2D eigenvalue weighted by molar-refractivity contribution is 6.29. The number of aromatic nitrogens is 1. The molecule has 0 N–H and O–H groups in total. The lowest BCUT2D eigenvalue weighted by molar-refractivity contribution is 0.0432. The van der Waals surface area contributed by atoms with Gasteiger partial charge in [-0.2, -0.15) is 0 Å². The van der Waals surface area contributed by atoms with Gasteiger partial charge in [-0.15, -0.1) is 0 Å². The molecule has 1 aromatic heterocycles. The number of hydrogen-bond donors (Lipinski definition) is 0. The molecule has 1 atom stereocenters. The minimum absolute atomic E-state index is 0.0380. The van der Waals surface area contributed by atoms with Gasteiger partial charge < -0.3 is 9.64 Å². The fourth-order valence-electron chi connectivity index (χ4n) is 2.93. The van der Waals surface area contributed by atoms with Crippen LogP contribution in [-0.2, 0) is 4.74 Å². The van der Waals surface area contributed by atoms with Crippen molar-refractivity contribution in [3.05, 3.63) is 29.0 Å². The lowest BCUT2D eigenvalue weighted by Gasteiger charge is -2.35. The van der Waals surface area contributed by atoms with Crippen molar-refractivity contribution in [3.63, 3.8) is 0 Å². The number of carbonyl (C=O) groups is 1. The zero-order chi connectivity index (χ0) is 14.7. The first kappa shape index (κ1) is 14.8. The molecule has 5 nitrogen and oxygen atoms in total. The molecule has 2 aliphatic rings. The molecule has 2 aliphatic heterocycles. The van der Waals surface area contributed by atoms with E-state index in [1.165, 1.54) is 6.42 Å². The quantitative estimate of drug-likeness (QED) is 0.797. The predicted molar refractivity (Wildman–Crippen MR) is 80.6 cm³/mol. The van der Waals surface area contributed by atoms with Crippen LogP contribution in [0.2, 0.25) is 5.15 Å². The molecule has 1 unspecified atom stereocenters. The van der Waals surface area contributed by atoms with Crippen molar-refractivity contribution >= 4 is 17.5 Å². The fourth-order valence-corrected chi connectivity index (χ4v) is 3.10. The van der Waals surface area contributed by atoms with Gasteiger partial charge in [-0.1, -0.05) is 11.6 Å². The van der Waals surface area contributed by atoms with Crippen LogP contribution in [0.15, 0.2) is 18.3 Å². The summed E-state index contributed by atoms with van der Waals surface area (Å²) in [5.74, 6) is 0.0380. The van der Waals surface area contributed by atoms with Crippen LogP contribution in [0.4, 0.5) is 0 Å². The topological polar surface area (TPSA) is 45.7 Å². The van der Waals surface area contributed by atoms with E-state index in [1.54, 1.807) is 18.3 Å². The Bertz CT molecular complexity index is 497. The lowest BCUT2D eigenvalue weighted by atomic mass is 10.2. The Morgan fingerprint density at radius 1 is 1.38 bits per heavy atom. The number of nitrogens with zero attached hydrogens (tertiary/aromatic N) is 3. The molecule has 0 spiro atoms. The molecule has 3 rings (SSSR count). The van der Waals surface area contributed by atoms with E-state index in [1.807, 2.05) is 4.90 Å². The van der Waals surface area contributed by atoms with Crippen molar-refractivity contribution in [1.82, 2.24) is 14.8 Å². The molecule has 0 aliphatic carbocycles. The highest BCUT2D eigenvalue weighted by Crippen LogP contribution is 2.16. The summed E-state index contributed by atoms with van der Waals surface area (Å²) in [7, 11) is 0. The number of pyridine rings is 1. The van der Waals surface area contributed by atoms with Gasteiger partial charge in [-0.25, -0.2) is 4.98 Å². The van der Waals surface area contributed by atoms with Gasteiger partial charge >= 0.3 is 0 Å². The Morgan fingerprint density at radius 2 is 2.19 bits per heavy atom. The summed E-state index contributed by atoms with van der Waals surface area (Å²) >= 11 is 5.84. The SMILES string of the molecule is O=C(c1ccnc(Cl)c1)N1CCN(CC2CCCO2)CC1. The largest absolute Gasteiger partial charge is 0.377 e. The maximum Gasteiger partial charge on any atom is 0.254 e. The van der Waals surface area contributed by atoms with Gasteiger partial charge in [-0.3, -0.25) is 9.69 Å². The summed E-state index contributed by atoms with van der Waals surface area (Å²) in [5, 5.41) is 0.359. The van der Waals surface area contributed by atoms with E-state index < -0.39 is 0 Å². The molecule has 114 valence electrons. The first-order chi connectivity index (χ1) is 10.2. The summed E-state index contributed by atoms with van der Waals surface area (Å²) < 4.78 is 5.67. The first-order valence-electron chi connectivity index (χ1n) is 7.47. The zero-order valence-corrected chi connectivity index (χ0v) is 12.8. The summed E-state index contributed by atoms with van der Waals surface area (Å²) in [4.78, 5) is 20.6. The van der Waals surface area contributed by atoms with E-state index in [0.717, 1.165) is 45.8 Å². The molecule has 21 heavy (non-hydrogen) atoms. The Balaban J connectivity index is 1.52. The van der Waals surface area contributed by atoms with Gasteiger partial charge in [0.05, 0.1) is 6.10 Å². The average molecular weight is 310 g/mol. The molecular formula is C15H20ClN3O2. The van der Waals surface area contributed by atoms with Crippen molar-refractivity contribution in [2.45, 2.75) is 18.9 Å². The van der Waals surface area contributed by atoms with Gasteiger partial charge in [0.15, 0.2) is 0 Å². The van der Waals surface area contributed by atoms with Crippen LogP contribution in [0, 0.1) is 0 Å². The van der Waals surface area contributed by atoms with E-state index in [2.05, 4.69) is 9.88 Å². The van der Waals surface area contributed by atoms with Gasteiger partial charge in [0.25, 0.3) is 5.91 Å². The Kier molecular flexibility index (Phi) is 4.73. The summed E-state index contributed by atoms with van der Waals surface area (Å²) in [6.07, 6.45) is 4.29. The normalized spacial score (nSPS) is 23.5. The molecule has 0 saturated carbocycles. The second kappa shape index (κ2) is 6.73. The molecule has 0 aromatic carbocycles. The van der Waals surface area contributed by atoms with Crippen LogP contribution in [0.1, 0.15) is 23.2 Å². The van der Waals surface area contributed by atoms with Crippen LogP contribution < -0.4 is 0 Å². The smallest absolute Gasteiger partial charge is 0.254 e. The highest BCUT2D eigenvalue weighted by Gasteiger charge is 2.25. The van der Waals surface area contributed by atoms with Crippen LogP contribution in [0.25, 0.3) is 0 Å². The number of hydrogen-bond acceptors (Lipinski definition) is 4. The van der Waals surface area contributed by atoms with Crippen LogP contribution >= 0.6 is 11.6 Å².